The smallest absolute Gasteiger partial charge is 0.273 e. The topological polar surface area (TPSA) is 58.4 Å². The molecule has 96 valence electrons. The van der Waals surface area contributed by atoms with Gasteiger partial charge in [0.25, 0.3) is 5.91 Å². The van der Waals surface area contributed by atoms with Crippen molar-refractivity contribution in [2.24, 2.45) is 0 Å². The molecular weight excluding hydrogens is 333 g/mol. The van der Waals surface area contributed by atoms with E-state index in [1.165, 1.54) is 0 Å². The highest BCUT2D eigenvalue weighted by Gasteiger charge is 2.11. The van der Waals surface area contributed by atoms with Crippen molar-refractivity contribution in [3.63, 3.8) is 0 Å². The Bertz CT molecular complexity index is 354. The van der Waals surface area contributed by atoms with E-state index in [1.807, 2.05) is 0 Å². The first-order valence-corrected chi connectivity index (χ1v) is 7.18. The Balaban J connectivity index is 2.25. The molecule has 0 saturated carbocycles. The van der Waals surface area contributed by atoms with Crippen LogP contribution in [-0.2, 0) is 4.43 Å². The molecule has 0 saturated heterocycles. The number of halogens is 1. The van der Waals surface area contributed by atoms with Crippen LogP contribution in [0.5, 0.6) is 0 Å². The van der Waals surface area contributed by atoms with E-state index in [0.29, 0.717) is 12.2 Å². The van der Waals surface area contributed by atoms with Crippen molar-refractivity contribution in [3.8, 4) is 0 Å². The predicted molar refractivity (Wildman–Crippen MR) is 74.3 cm³/mol. The van der Waals surface area contributed by atoms with Crippen LogP contribution in [0.2, 0.25) is 0 Å². The van der Waals surface area contributed by atoms with E-state index in [4.69, 9.17) is 4.52 Å². The van der Waals surface area contributed by atoms with Gasteiger partial charge in [-0.2, -0.15) is 0 Å². The summed E-state index contributed by atoms with van der Waals surface area (Å²) in [6.45, 7) is 4.78. The van der Waals surface area contributed by atoms with Gasteiger partial charge < -0.3 is 14.7 Å². The minimum Gasteiger partial charge on any atom is -0.360 e. The molecule has 0 atom stereocenters. The number of alkyl halides is 1. The summed E-state index contributed by atoms with van der Waals surface area (Å²) in [5.74, 6) is 0.561. The highest BCUT2D eigenvalue weighted by Crippen LogP contribution is 2.07. The fourth-order valence-electron chi connectivity index (χ4n) is 1.28. The standard InChI is InChI=1S/C11H18IN3O2/c1-3-15(2)6-4-5-13-11(16)10-7-9(8-12)17-14-10/h7H,3-6,8H2,1-2H3,(H,13,16). The SMILES string of the molecule is CCN(C)CCCNC(=O)c1cc(CI)on1. The number of hydrogen-bond acceptors (Lipinski definition) is 4. The normalized spacial score (nSPS) is 10.8. The molecular formula is C11H18IN3O2. The zero-order valence-corrected chi connectivity index (χ0v) is 12.4. The fourth-order valence-corrected chi connectivity index (χ4v) is 1.64. The van der Waals surface area contributed by atoms with E-state index in [-0.39, 0.29) is 5.91 Å². The number of hydrogen-bond donors (Lipinski definition) is 1. The summed E-state index contributed by atoms with van der Waals surface area (Å²) in [4.78, 5) is 13.8. The number of rotatable bonds is 7. The third kappa shape index (κ3) is 5.03. The fraction of sp³-hybridized carbons (Fsp3) is 0.636. The summed E-state index contributed by atoms with van der Waals surface area (Å²) in [7, 11) is 2.06. The summed E-state index contributed by atoms with van der Waals surface area (Å²) in [5.41, 5.74) is 0.362. The molecule has 0 radical (unpaired) electrons. The minimum atomic E-state index is -0.163. The maximum Gasteiger partial charge on any atom is 0.273 e. The molecule has 0 unspecified atom stereocenters. The number of carbonyl (C=O) groups is 1. The van der Waals surface area contributed by atoms with Gasteiger partial charge in [-0.1, -0.05) is 34.7 Å². The summed E-state index contributed by atoms with van der Waals surface area (Å²) in [6, 6.07) is 1.68. The Kier molecular flexibility index (Phi) is 6.49. The molecule has 0 bridgehead atoms. The van der Waals surface area contributed by atoms with Crippen LogP contribution in [0.1, 0.15) is 29.6 Å². The maximum atomic E-state index is 11.6. The molecule has 0 aliphatic rings. The molecule has 1 N–H and O–H groups in total. The Labute approximate surface area is 115 Å². The minimum absolute atomic E-state index is 0.163. The summed E-state index contributed by atoms with van der Waals surface area (Å²) in [5, 5.41) is 6.54. The number of amides is 1. The Morgan fingerprint density at radius 2 is 2.41 bits per heavy atom. The quantitative estimate of drug-likeness (QED) is 0.461. The molecule has 1 heterocycles. The van der Waals surface area contributed by atoms with E-state index >= 15 is 0 Å². The summed E-state index contributed by atoms with van der Waals surface area (Å²) >= 11 is 2.17. The predicted octanol–water partition coefficient (Wildman–Crippen LogP) is 1.68. The van der Waals surface area contributed by atoms with Gasteiger partial charge in [0.1, 0.15) is 5.76 Å². The molecule has 0 aromatic carbocycles. The Morgan fingerprint density at radius 1 is 1.65 bits per heavy atom. The first kappa shape index (κ1) is 14.4. The molecule has 0 fully saturated rings. The van der Waals surface area contributed by atoms with Crippen LogP contribution >= 0.6 is 22.6 Å². The number of nitrogens with zero attached hydrogens (tertiary/aromatic N) is 2. The number of nitrogens with one attached hydrogen (secondary N) is 1. The van der Waals surface area contributed by atoms with Gasteiger partial charge in [0.2, 0.25) is 0 Å². The van der Waals surface area contributed by atoms with E-state index < -0.39 is 0 Å². The van der Waals surface area contributed by atoms with Crippen LogP contribution in [0, 0.1) is 0 Å². The van der Waals surface area contributed by atoms with Gasteiger partial charge in [-0.25, -0.2) is 0 Å². The monoisotopic (exact) mass is 351 g/mol. The lowest BCUT2D eigenvalue weighted by atomic mass is 10.3. The molecule has 0 aliphatic carbocycles. The molecule has 1 aromatic rings. The first-order chi connectivity index (χ1) is 8.17. The van der Waals surface area contributed by atoms with E-state index in [1.54, 1.807) is 6.07 Å². The van der Waals surface area contributed by atoms with Crippen LogP contribution in [0.15, 0.2) is 10.6 Å². The van der Waals surface area contributed by atoms with Crippen molar-refractivity contribution < 1.29 is 9.32 Å². The van der Waals surface area contributed by atoms with Gasteiger partial charge in [-0.05, 0) is 26.6 Å². The maximum absolute atomic E-state index is 11.6. The molecule has 0 aliphatic heterocycles. The van der Waals surface area contributed by atoms with Gasteiger partial charge in [-0.15, -0.1) is 0 Å². The van der Waals surface area contributed by atoms with Crippen molar-refractivity contribution >= 4 is 28.5 Å². The molecule has 5 nitrogen and oxygen atoms in total. The summed E-state index contributed by atoms with van der Waals surface area (Å²) < 4.78 is 5.69. The van der Waals surface area contributed by atoms with Gasteiger partial charge in [0.05, 0.1) is 4.43 Å². The van der Waals surface area contributed by atoms with Crippen molar-refractivity contribution in [2.75, 3.05) is 26.7 Å². The third-order valence-electron chi connectivity index (χ3n) is 2.47. The van der Waals surface area contributed by atoms with Crippen molar-refractivity contribution in [2.45, 2.75) is 17.8 Å². The lowest BCUT2D eigenvalue weighted by molar-refractivity contribution is 0.0943. The lowest BCUT2D eigenvalue weighted by Crippen LogP contribution is -2.28. The van der Waals surface area contributed by atoms with E-state index in [9.17, 15) is 4.79 Å². The highest BCUT2D eigenvalue weighted by atomic mass is 127. The van der Waals surface area contributed by atoms with Crippen LogP contribution in [0.25, 0.3) is 0 Å². The Hall–Kier alpha value is -0.630. The van der Waals surface area contributed by atoms with Crippen LogP contribution in [-0.4, -0.2) is 42.6 Å². The molecule has 0 spiro atoms. The number of carbonyl (C=O) groups excluding carboxylic acids is 1. The van der Waals surface area contributed by atoms with Gasteiger partial charge in [0, 0.05) is 12.6 Å². The molecule has 1 amide bonds. The lowest BCUT2D eigenvalue weighted by Gasteiger charge is -2.13. The first-order valence-electron chi connectivity index (χ1n) is 5.65. The second-order valence-electron chi connectivity index (χ2n) is 3.82. The highest BCUT2D eigenvalue weighted by molar-refractivity contribution is 14.1. The van der Waals surface area contributed by atoms with Crippen molar-refractivity contribution in [1.82, 2.24) is 15.4 Å². The molecule has 1 aromatic heterocycles. The second kappa shape index (κ2) is 7.65. The molecule has 17 heavy (non-hydrogen) atoms. The van der Waals surface area contributed by atoms with Gasteiger partial charge in [0.15, 0.2) is 5.69 Å². The van der Waals surface area contributed by atoms with Gasteiger partial charge >= 0.3 is 0 Å². The second-order valence-corrected chi connectivity index (χ2v) is 4.58. The van der Waals surface area contributed by atoms with Crippen LogP contribution in [0.3, 0.4) is 0 Å². The van der Waals surface area contributed by atoms with Gasteiger partial charge in [-0.3, -0.25) is 4.79 Å². The zero-order valence-electron chi connectivity index (χ0n) is 10.2. The van der Waals surface area contributed by atoms with Crippen LogP contribution < -0.4 is 5.32 Å². The zero-order chi connectivity index (χ0) is 12.7. The number of aromatic nitrogens is 1. The summed E-state index contributed by atoms with van der Waals surface area (Å²) in [6.07, 6.45) is 0.938. The van der Waals surface area contributed by atoms with Crippen LogP contribution in [0.4, 0.5) is 0 Å². The largest absolute Gasteiger partial charge is 0.360 e. The third-order valence-corrected chi connectivity index (χ3v) is 3.22. The average Bonchev–Trinajstić information content (AvgIpc) is 2.82. The Morgan fingerprint density at radius 3 is 3.00 bits per heavy atom. The van der Waals surface area contributed by atoms with Crippen molar-refractivity contribution in [3.05, 3.63) is 17.5 Å². The van der Waals surface area contributed by atoms with E-state index in [2.05, 4.69) is 51.9 Å². The molecule has 1 rings (SSSR count). The van der Waals surface area contributed by atoms with Crippen molar-refractivity contribution in [1.29, 1.82) is 0 Å². The molecule has 6 heteroatoms. The average molecular weight is 351 g/mol. The van der Waals surface area contributed by atoms with E-state index in [0.717, 1.165) is 29.7 Å².